The number of Topliss-reactive ketones (excluding diaryl/α,β-unsaturated/α-hetero) is 2. The van der Waals surface area contributed by atoms with E-state index in [1.807, 2.05) is 87.2 Å². The highest BCUT2D eigenvalue weighted by atomic mass is 16.6. The number of piperidine rings is 1. The third kappa shape index (κ3) is 22.4. The number of nitrogens with one attached hydrogen (secondary N) is 1. The molecule has 1 saturated carbocycles. The van der Waals surface area contributed by atoms with Gasteiger partial charge in [0.2, 0.25) is 23.6 Å². The number of carbonyl (C=O) groups excluding carboxylic acids is 6. The van der Waals surface area contributed by atoms with Crippen molar-refractivity contribution in [2.75, 3.05) is 110 Å². The Labute approximate surface area is 597 Å². The van der Waals surface area contributed by atoms with Crippen molar-refractivity contribution in [2.45, 2.75) is 206 Å². The Bertz CT molecular complexity index is 3140. The van der Waals surface area contributed by atoms with Crippen LogP contribution in [0.25, 0.3) is 0 Å². The molecule has 16 atom stereocenters. The van der Waals surface area contributed by atoms with E-state index in [1.54, 1.807) is 53.5 Å². The zero-order valence-electron chi connectivity index (χ0n) is 61.5. The number of carbonyl (C=O) groups is 6. The van der Waals surface area contributed by atoms with Crippen LogP contribution in [0.5, 0.6) is 0 Å². The first-order valence-electron chi connectivity index (χ1n) is 36.7. The molecule has 0 unspecified atom stereocenters. The number of aromatic nitrogens is 4. The van der Waals surface area contributed by atoms with Crippen molar-refractivity contribution in [3.63, 3.8) is 0 Å². The van der Waals surface area contributed by atoms with Gasteiger partial charge in [-0.3, -0.25) is 24.1 Å². The van der Waals surface area contributed by atoms with Crippen LogP contribution in [0.2, 0.25) is 0 Å². The summed E-state index contributed by atoms with van der Waals surface area (Å²) in [6.07, 6.45) is 16.3. The van der Waals surface area contributed by atoms with Gasteiger partial charge in [0.15, 0.2) is 5.78 Å². The Morgan fingerprint density at radius 1 is 0.733 bits per heavy atom. The van der Waals surface area contributed by atoms with Crippen LogP contribution < -0.4 is 15.1 Å². The van der Waals surface area contributed by atoms with E-state index in [1.165, 1.54) is 12.0 Å². The molecule has 560 valence electrons. The Kier molecular flexibility index (Phi) is 30.7. The first kappa shape index (κ1) is 80.1. The Hall–Kier alpha value is -6.62. The molecule has 26 nitrogen and oxygen atoms in total. The van der Waals surface area contributed by atoms with E-state index in [0.717, 1.165) is 49.8 Å². The number of alkyl carbamates (subject to hydrolysis) is 1. The third-order valence-corrected chi connectivity index (χ3v) is 21.4. The number of rotatable bonds is 17. The van der Waals surface area contributed by atoms with Crippen LogP contribution in [0.3, 0.4) is 0 Å². The number of methoxy groups -OCH3 is 3. The largest absolute Gasteiger partial charge is 0.460 e. The van der Waals surface area contributed by atoms with Gasteiger partial charge in [-0.15, -0.1) is 0 Å². The number of hydrogen-bond acceptors (Lipinski definition) is 23. The highest BCUT2D eigenvalue weighted by Crippen LogP contribution is 2.39. The molecule has 1 aliphatic carbocycles. The number of fused-ring (bicyclic) bond motifs is 3. The van der Waals surface area contributed by atoms with Crippen molar-refractivity contribution in [1.29, 1.82) is 0 Å². The number of nitrogens with zero attached hydrogens (tertiary/aromatic N) is 9. The van der Waals surface area contributed by atoms with E-state index < -0.39 is 102 Å². The first-order valence-corrected chi connectivity index (χ1v) is 36.7. The molecule has 2 aromatic heterocycles. The lowest BCUT2D eigenvalue weighted by atomic mass is 9.78. The van der Waals surface area contributed by atoms with Crippen molar-refractivity contribution in [1.82, 2.24) is 40.0 Å². The molecule has 101 heavy (non-hydrogen) atoms. The van der Waals surface area contributed by atoms with E-state index in [4.69, 9.17) is 33.2 Å². The zero-order valence-corrected chi connectivity index (χ0v) is 61.5. The molecule has 2 bridgehead atoms. The molecule has 8 rings (SSSR count). The third-order valence-electron chi connectivity index (χ3n) is 21.4. The van der Waals surface area contributed by atoms with E-state index in [-0.39, 0.29) is 55.4 Å². The minimum atomic E-state index is -2.47. The number of anilines is 2. The predicted molar refractivity (Wildman–Crippen MR) is 379 cm³/mol. The fraction of sp³-hybridized carbons (Fsp3) is 0.707. The number of aliphatic hydroxyl groups excluding tert-OH is 2. The molecular formula is C75H114N10O16. The van der Waals surface area contributed by atoms with Crippen LogP contribution in [0.1, 0.15) is 143 Å². The fourth-order valence-electron chi connectivity index (χ4n) is 14.8. The fourth-order valence-corrected chi connectivity index (χ4v) is 14.8. The number of ether oxygens (including phenoxy) is 7. The number of hydrogen-bond donors (Lipinski definition) is 4. The summed E-state index contributed by atoms with van der Waals surface area (Å²) in [7, 11) is 4.53. The van der Waals surface area contributed by atoms with Crippen LogP contribution in [-0.2, 0) is 63.7 Å². The molecule has 7 heterocycles. The average Bonchev–Trinajstić information content (AvgIpc) is 0.773. The molecule has 5 aliphatic heterocycles. The SMILES string of the molecule is CO[C@H]1C[C@@H]2CC[C@@H](C)[C@@](O)(O2)C(=O)C(=O)N2CCCC[C@H]2C(=O)O[C@H]([C@H](C)C[C@@H]2CC[C@@H](OC(=O)NCc3cnc(N4CCN(C(=O)CCOCCN5CCN(c6ncc(C)cn6)CC5)CC4)nc3)[C@H](OC)C2)C[C@@H](O)[C@H](C)/C=C(\C)[C@@H](O)[C@@H](OC)C(=O)[C@H](C)C[C@H](C)/C=C/C=C/C=C/1C. The Balaban J connectivity index is 0.850. The number of aliphatic hydroxyl groups is 3. The molecule has 6 aliphatic rings. The second kappa shape index (κ2) is 38.8. The summed E-state index contributed by atoms with van der Waals surface area (Å²) in [5.41, 5.74) is 2.98. The van der Waals surface area contributed by atoms with Crippen molar-refractivity contribution < 1.29 is 77.2 Å². The number of esters is 1. The maximum absolute atomic E-state index is 14.8. The summed E-state index contributed by atoms with van der Waals surface area (Å²) in [4.78, 5) is 112. The van der Waals surface area contributed by atoms with Crippen molar-refractivity contribution in [2.24, 2.45) is 35.5 Å². The van der Waals surface area contributed by atoms with Gasteiger partial charge in [-0.25, -0.2) is 29.5 Å². The molecule has 0 spiro atoms. The summed E-state index contributed by atoms with van der Waals surface area (Å²) in [5, 5.41) is 38.7. The first-order chi connectivity index (χ1) is 48.4. The summed E-state index contributed by atoms with van der Waals surface area (Å²) in [6, 6.07) is -1.18. The van der Waals surface area contributed by atoms with Gasteiger partial charge < -0.3 is 73.4 Å². The van der Waals surface area contributed by atoms with Gasteiger partial charge in [0, 0.05) is 154 Å². The number of amides is 3. The van der Waals surface area contributed by atoms with Gasteiger partial charge in [-0.1, -0.05) is 71.1 Å². The quantitative estimate of drug-likeness (QED) is 0.0556. The second-order valence-electron chi connectivity index (χ2n) is 29.0. The summed E-state index contributed by atoms with van der Waals surface area (Å²) >= 11 is 0. The highest BCUT2D eigenvalue weighted by molar-refractivity contribution is 6.39. The van der Waals surface area contributed by atoms with E-state index in [0.29, 0.717) is 127 Å². The lowest BCUT2D eigenvalue weighted by Crippen LogP contribution is -2.61. The average molecular weight is 1410 g/mol. The van der Waals surface area contributed by atoms with E-state index >= 15 is 0 Å². The highest BCUT2D eigenvalue weighted by Gasteiger charge is 2.53. The van der Waals surface area contributed by atoms with E-state index in [2.05, 4.69) is 35.1 Å². The smallest absolute Gasteiger partial charge is 0.407 e. The van der Waals surface area contributed by atoms with Crippen molar-refractivity contribution in [3.8, 4) is 0 Å². The van der Waals surface area contributed by atoms with Gasteiger partial charge in [0.25, 0.3) is 11.7 Å². The van der Waals surface area contributed by atoms with Crippen LogP contribution in [-0.4, -0.2) is 246 Å². The van der Waals surface area contributed by atoms with Crippen LogP contribution in [0, 0.1) is 42.4 Å². The van der Waals surface area contributed by atoms with Crippen LogP contribution in [0.4, 0.5) is 16.7 Å². The molecule has 26 heteroatoms. The number of piperazine rings is 2. The van der Waals surface area contributed by atoms with Gasteiger partial charge in [0.1, 0.15) is 30.5 Å². The molecular weight excluding hydrogens is 1300 g/mol. The predicted octanol–water partition coefficient (Wildman–Crippen LogP) is 6.67. The maximum Gasteiger partial charge on any atom is 0.407 e. The molecule has 5 fully saturated rings. The maximum atomic E-state index is 14.8. The van der Waals surface area contributed by atoms with E-state index in [9.17, 15) is 44.1 Å². The summed E-state index contributed by atoms with van der Waals surface area (Å²) in [5.74, 6) is -6.54. The topological polar surface area (TPSA) is 308 Å². The molecule has 2 aromatic rings. The second-order valence-corrected chi connectivity index (χ2v) is 29.0. The van der Waals surface area contributed by atoms with Gasteiger partial charge in [-0.05, 0) is 119 Å². The summed E-state index contributed by atoms with van der Waals surface area (Å²) in [6.45, 7) is 22.4. The van der Waals surface area contributed by atoms with Crippen LogP contribution in [0.15, 0.2) is 72.4 Å². The minimum absolute atomic E-state index is 0.000350. The van der Waals surface area contributed by atoms with Crippen molar-refractivity contribution >= 4 is 47.3 Å². The molecule has 4 saturated heterocycles. The number of allylic oxidation sites excluding steroid dienone is 5. The number of ketones is 2. The number of cyclic esters (lactones) is 1. The Morgan fingerprint density at radius 3 is 2.09 bits per heavy atom. The molecule has 0 aromatic carbocycles. The Morgan fingerprint density at radius 2 is 1.42 bits per heavy atom. The summed E-state index contributed by atoms with van der Waals surface area (Å²) < 4.78 is 42.1. The van der Waals surface area contributed by atoms with Gasteiger partial charge in [0.05, 0.1) is 44.1 Å². The van der Waals surface area contributed by atoms with Gasteiger partial charge in [-0.2, -0.15) is 0 Å². The molecule has 0 radical (unpaired) electrons. The molecule has 3 amide bonds. The van der Waals surface area contributed by atoms with Crippen LogP contribution >= 0.6 is 0 Å². The monoisotopic (exact) mass is 1410 g/mol. The lowest BCUT2D eigenvalue weighted by molar-refractivity contribution is -0.265. The number of aryl methyl sites for hydroxylation is 1. The van der Waals surface area contributed by atoms with Crippen molar-refractivity contribution in [3.05, 3.63) is 83.5 Å². The standard InChI is InChI=1S/C75H114N10O16/c1-48-17-13-12-14-18-50(3)62(95-9)41-58-22-20-55(8)75(94,101-58)69(90)70(91)85-25-16-15-19-59(85)71(92)99-63(42-60(86)51(4)38-54(7)67(89)68(97-11)66(88)53(6)37-48)52(5)39-56-21-23-61(64(40-56)96-10)100-74(93)80-47-57-45-78-73(79-46-57)84-32-30-82(31-33-84)65(87)24-35-98-36-34-81-26-28-83(29-27-81)72-76-43-49(2)44-77-72/h12-14,17-18,38,43-46,48,51-53,55-56,58-64,67-68,86,89,94H,15-16,19-37,39-42,47H2,1-11H3,(H,80,93)/b14-12+,17-13+,50-18+,54-38+/t48-,51-,52-,53-,55-,56+,58+,59+,60-,61-,62+,63+,64-,67-,68+,75-/m1/s1. The van der Waals surface area contributed by atoms with Gasteiger partial charge >= 0.3 is 12.1 Å². The molecule has 4 N–H and O–H groups in total. The minimum Gasteiger partial charge on any atom is -0.460 e. The lowest BCUT2D eigenvalue weighted by Gasteiger charge is -2.43. The zero-order chi connectivity index (χ0) is 72.9. The normalized spacial score (nSPS) is 32.9.